The summed E-state index contributed by atoms with van der Waals surface area (Å²) >= 11 is 3.05. The summed E-state index contributed by atoms with van der Waals surface area (Å²) in [6.45, 7) is 0.0611. The highest BCUT2D eigenvalue weighted by molar-refractivity contribution is 9.10. The molecule has 104 valence electrons. The first kappa shape index (κ1) is 14.3. The van der Waals surface area contributed by atoms with Crippen LogP contribution in [0.2, 0.25) is 0 Å². The second kappa shape index (κ2) is 5.87. The Labute approximate surface area is 122 Å². The molecular formula is C13H10BrFN2O3. The van der Waals surface area contributed by atoms with Crippen LogP contribution in [0.25, 0.3) is 0 Å². The van der Waals surface area contributed by atoms with Crippen molar-refractivity contribution in [3.8, 4) is 5.75 Å². The van der Waals surface area contributed by atoms with Crippen LogP contribution in [-0.4, -0.2) is 4.92 Å². The van der Waals surface area contributed by atoms with Gasteiger partial charge < -0.3 is 10.5 Å². The van der Waals surface area contributed by atoms with E-state index in [-0.39, 0.29) is 22.5 Å². The van der Waals surface area contributed by atoms with E-state index in [1.54, 1.807) is 6.07 Å². The largest absolute Gasteiger partial charge is 0.489 e. The summed E-state index contributed by atoms with van der Waals surface area (Å²) in [5.74, 6) is 0.0383. The third-order valence-electron chi connectivity index (χ3n) is 2.66. The third kappa shape index (κ3) is 3.05. The molecule has 0 fully saturated rings. The summed E-state index contributed by atoms with van der Waals surface area (Å²) in [4.78, 5) is 10.2. The van der Waals surface area contributed by atoms with Gasteiger partial charge in [-0.3, -0.25) is 10.1 Å². The normalized spacial score (nSPS) is 10.3. The lowest BCUT2D eigenvalue weighted by Crippen LogP contribution is -2.03. The first-order valence-corrected chi connectivity index (χ1v) is 6.38. The molecule has 0 aliphatic rings. The number of nitro groups is 1. The molecule has 20 heavy (non-hydrogen) atoms. The van der Waals surface area contributed by atoms with Crippen LogP contribution in [0.1, 0.15) is 5.56 Å². The van der Waals surface area contributed by atoms with Crippen molar-refractivity contribution in [2.75, 3.05) is 5.73 Å². The van der Waals surface area contributed by atoms with Gasteiger partial charge in [0.2, 0.25) is 0 Å². The zero-order valence-electron chi connectivity index (χ0n) is 10.2. The maximum absolute atomic E-state index is 13.1. The van der Waals surface area contributed by atoms with Crippen molar-refractivity contribution in [3.05, 3.63) is 62.4 Å². The number of hydrogen-bond donors (Lipinski definition) is 1. The first-order chi connectivity index (χ1) is 9.49. The van der Waals surface area contributed by atoms with E-state index in [0.29, 0.717) is 11.3 Å². The van der Waals surface area contributed by atoms with E-state index in [9.17, 15) is 14.5 Å². The van der Waals surface area contributed by atoms with Gasteiger partial charge in [-0.05, 0) is 34.1 Å². The Kier molecular flexibility index (Phi) is 4.19. The van der Waals surface area contributed by atoms with E-state index in [2.05, 4.69) is 15.9 Å². The highest BCUT2D eigenvalue weighted by Crippen LogP contribution is 2.27. The molecule has 0 atom stereocenters. The number of nitrogens with zero attached hydrogens (tertiary/aromatic N) is 1. The number of halogens is 2. The lowest BCUT2D eigenvalue weighted by atomic mass is 10.1. The number of hydrogen-bond acceptors (Lipinski definition) is 4. The summed E-state index contributed by atoms with van der Waals surface area (Å²) in [7, 11) is 0. The molecule has 0 heterocycles. The third-order valence-corrected chi connectivity index (χ3v) is 3.26. The highest BCUT2D eigenvalue weighted by atomic mass is 79.9. The number of anilines is 1. The van der Waals surface area contributed by atoms with Gasteiger partial charge in [0, 0.05) is 11.6 Å². The predicted molar refractivity (Wildman–Crippen MR) is 75.9 cm³/mol. The molecule has 0 saturated carbocycles. The van der Waals surface area contributed by atoms with E-state index in [1.165, 1.54) is 30.3 Å². The van der Waals surface area contributed by atoms with Gasteiger partial charge in [0.25, 0.3) is 5.69 Å². The standard InChI is InChI=1S/C13H10BrFN2O3/c14-10-6-9(4-5-11(10)15)20-7-8-2-1-3-12(13(8)16)17(18)19/h1-6H,7,16H2. The molecule has 2 rings (SSSR count). The molecule has 0 aliphatic carbocycles. The fourth-order valence-electron chi connectivity index (χ4n) is 1.61. The van der Waals surface area contributed by atoms with Crippen molar-refractivity contribution in [2.24, 2.45) is 0 Å². The average Bonchev–Trinajstić information content (AvgIpc) is 2.41. The van der Waals surface area contributed by atoms with Gasteiger partial charge in [0.05, 0.1) is 9.40 Å². The van der Waals surface area contributed by atoms with Crippen LogP contribution in [0, 0.1) is 15.9 Å². The van der Waals surface area contributed by atoms with Crippen LogP contribution in [-0.2, 0) is 6.61 Å². The van der Waals surface area contributed by atoms with Gasteiger partial charge in [0.1, 0.15) is 23.9 Å². The van der Waals surface area contributed by atoms with Crippen molar-refractivity contribution >= 4 is 27.3 Å². The summed E-state index contributed by atoms with van der Waals surface area (Å²) in [5, 5.41) is 10.8. The van der Waals surface area contributed by atoms with E-state index in [4.69, 9.17) is 10.5 Å². The fourth-order valence-corrected chi connectivity index (χ4v) is 1.97. The molecule has 0 aromatic heterocycles. The zero-order valence-corrected chi connectivity index (χ0v) is 11.8. The number of nitro benzene ring substituents is 1. The monoisotopic (exact) mass is 340 g/mol. The van der Waals surface area contributed by atoms with Crippen molar-refractivity contribution in [2.45, 2.75) is 6.61 Å². The molecule has 7 heteroatoms. The molecule has 0 amide bonds. The molecule has 2 aromatic rings. The Morgan fingerprint density at radius 1 is 1.35 bits per heavy atom. The Balaban J connectivity index is 2.17. The lowest BCUT2D eigenvalue weighted by Gasteiger charge is -2.09. The summed E-state index contributed by atoms with van der Waals surface area (Å²) in [5.41, 5.74) is 6.12. The zero-order chi connectivity index (χ0) is 14.7. The molecular weight excluding hydrogens is 331 g/mol. The number of nitrogen functional groups attached to an aromatic ring is 1. The molecule has 0 radical (unpaired) electrons. The second-order valence-corrected chi connectivity index (χ2v) is 4.83. The molecule has 0 unspecified atom stereocenters. The number of benzene rings is 2. The minimum Gasteiger partial charge on any atom is -0.489 e. The van der Waals surface area contributed by atoms with Crippen LogP contribution in [0.15, 0.2) is 40.9 Å². The molecule has 0 aliphatic heterocycles. The summed E-state index contributed by atoms with van der Waals surface area (Å²) in [6.07, 6.45) is 0. The van der Waals surface area contributed by atoms with Gasteiger partial charge in [-0.15, -0.1) is 0 Å². The minimum atomic E-state index is -0.548. The summed E-state index contributed by atoms with van der Waals surface area (Å²) < 4.78 is 18.8. The van der Waals surface area contributed by atoms with Gasteiger partial charge in [-0.2, -0.15) is 0 Å². The quantitative estimate of drug-likeness (QED) is 0.523. The Bertz CT molecular complexity index is 664. The summed E-state index contributed by atoms with van der Waals surface area (Å²) in [6, 6.07) is 8.70. The highest BCUT2D eigenvalue weighted by Gasteiger charge is 2.14. The second-order valence-electron chi connectivity index (χ2n) is 3.97. The van der Waals surface area contributed by atoms with Crippen LogP contribution < -0.4 is 10.5 Å². The fraction of sp³-hybridized carbons (Fsp3) is 0.0769. The van der Waals surface area contributed by atoms with Crippen molar-refractivity contribution < 1.29 is 14.1 Å². The van der Waals surface area contributed by atoms with Crippen molar-refractivity contribution in [1.29, 1.82) is 0 Å². The van der Waals surface area contributed by atoms with Crippen molar-refractivity contribution in [3.63, 3.8) is 0 Å². The Hall–Kier alpha value is -2.15. The molecule has 2 aromatic carbocycles. The maximum atomic E-state index is 13.1. The van der Waals surface area contributed by atoms with E-state index < -0.39 is 10.7 Å². The van der Waals surface area contributed by atoms with E-state index in [1.807, 2.05) is 0 Å². The number of nitrogens with two attached hydrogens (primary N) is 1. The Morgan fingerprint density at radius 3 is 2.75 bits per heavy atom. The van der Waals surface area contributed by atoms with Crippen LogP contribution in [0.4, 0.5) is 15.8 Å². The average molecular weight is 341 g/mol. The SMILES string of the molecule is Nc1c(COc2ccc(F)c(Br)c2)cccc1[N+](=O)[O-]. The molecule has 2 N–H and O–H groups in total. The molecule has 0 saturated heterocycles. The first-order valence-electron chi connectivity index (χ1n) is 5.58. The van der Waals surface area contributed by atoms with Crippen LogP contribution in [0.5, 0.6) is 5.75 Å². The lowest BCUT2D eigenvalue weighted by molar-refractivity contribution is -0.384. The number of ether oxygens (including phenoxy) is 1. The number of para-hydroxylation sites is 1. The predicted octanol–water partition coefficient (Wildman–Crippen LogP) is 3.66. The molecule has 0 spiro atoms. The van der Waals surface area contributed by atoms with Gasteiger partial charge in [-0.1, -0.05) is 12.1 Å². The van der Waals surface area contributed by atoms with E-state index >= 15 is 0 Å². The maximum Gasteiger partial charge on any atom is 0.292 e. The van der Waals surface area contributed by atoms with Gasteiger partial charge in [-0.25, -0.2) is 4.39 Å². The number of rotatable bonds is 4. The van der Waals surface area contributed by atoms with Crippen molar-refractivity contribution in [1.82, 2.24) is 0 Å². The minimum absolute atomic E-state index is 0.0611. The van der Waals surface area contributed by atoms with Crippen LogP contribution >= 0.6 is 15.9 Å². The van der Waals surface area contributed by atoms with Gasteiger partial charge >= 0.3 is 0 Å². The smallest absolute Gasteiger partial charge is 0.292 e. The Morgan fingerprint density at radius 2 is 2.10 bits per heavy atom. The topological polar surface area (TPSA) is 78.4 Å². The van der Waals surface area contributed by atoms with Gasteiger partial charge in [0.15, 0.2) is 0 Å². The van der Waals surface area contributed by atoms with E-state index in [0.717, 1.165) is 0 Å². The van der Waals surface area contributed by atoms with Crippen LogP contribution in [0.3, 0.4) is 0 Å². The molecule has 5 nitrogen and oxygen atoms in total. The molecule has 0 bridgehead atoms.